The first kappa shape index (κ1) is 13.9. The monoisotopic (exact) mass is 275 g/mol. The van der Waals surface area contributed by atoms with Crippen molar-refractivity contribution in [3.63, 3.8) is 0 Å². The molecule has 0 aliphatic carbocycles. The predicted molar refractivity (Wildman–Crippen MR) is 73.2 cm³/mol. The van der Waals surface area contributed by atoms with Gasteiger partial charge in [0.1, 0.15) is 5.82 Å². The van der Waals surface area contributed by atoms with E-state index in [9.17, 15) is 0 Å². The Labute approximate surface area is 111 Å². The average Bonchev–Trinajstić information content (AvgIpc) is 2.32. The van der Waals surface area contributed by atoms with Crippen molar-refractivity contribution in [2.24, 2.45) is 4.99 Å². The van der Waals surface area contributed by atoms with Crippen LogP contribution in [0.5, 0.6) is 0 Å². The van der Waals surface area contributed by atoms with Crippen LogP contribution >= 0.6 is 23.2 Å². The molecule has 0 fully saturated rings. The summed E-state index contributed by atoms with van der Waals surface area (Å²) in [5.74, 6) is 1.36. The number of hydrogen-bond acceptors (Lipinski definition) is 3. The van der Waals surface area contributed by atoms with Crippen LogP contribution in [0.2, 0.25) is 10.0 Å². The molecule has 0 aromatic carbocycles. The zero-order valence-electron chi connectivity index (χ0n) is 9.72. The number of halogens is 2. The Morgan fingerprint density at radius 3 is 2.76 bits per heavy atom. The predicted octanol–water partition coefficient (Wildman–Crippen LogP) is 1.60. The van der Waals surface area contributed by atoms with E-state index in [1.54, 1.807) is 26.4 Å². The molecule has 94 valence electrons. The molecule has 0 unspecified atom stereocenters. The Balaban J connectivity index is 2.36. The number of rotatable bonds is 4. The molecule has 0 amide bonds. The molecule has 3 N–H and O–H groups in total. The number of nitrogens with one attached hydrogen (secondary N) is 3. The molecule has 0 aliphatic heterocycles. The third-order valence-corrected chi connectivity index (χ3v) is 2.47. The van der Waals surface area contributed by atoms with Crippen LogP contribution in [0, 0.1) is 0 Å². The Morgan fingerprint density at radius 1 is 1.41 bits per heavy atom. The van der Waals surface area contributed by atoms with Crippen LogP contribution < -0.4 is 16.0 Å². The van der Waals surface area contributed by atoms with E-state index < -0.39 is 0 Å². The van der Waals surface area contributed by atoms with Crippen molar-refractivity contribution in [3.8, 4) is 0 Å². The summed E-state index contributed by atoms with van der Waals surface area (Å²) < 4.78 is 0. The van der Waals surface area contributed by atoms with Crippen molar-refractivity contribution in [3.05, 3.63) is 22.3 Å². The van der Waals surface area contributed by atoms with E-state index >= 15 is 0 Å². The molecule has 5 nitrogen and oxygen atoms in total. The van der Waals surface area contributed by atoms with Gasteiger partial charge >= 0.3 is 0 Å². The van der Waals surface area contributed by atoms with Crippen LogP contribution in [0.4, 0.5) is 5.82 Å². The van der Waals surface area contributed by atoms with E-state index in [2.05, 4.69) is 25.9 Å². The molecule has 7 heteroatoms. The summed E-state index contributed by atoms with van der Waals surface area (Å²) in [7, 11) is 3.52. The summed E-state index contributed by atoms with van der Waals surface area (Å²) in [4.78, 5) is 8.07. The number of aliphatic imine (C=N–C) groups is 1. The van der Waals surface area contributed by atoms with E-state index in [0.29, 0.717) is 29.0 Å². The largest absolute Gasteiger partial charge is 0.367 e. The second kappa shape index (κ2) is 7.19. The first-order chi connectivity index (χ1) is 8.17. The van der Waals surface area contributed by atoms with Gasteiger partial charge in [-0.15, -0.1) is 0 Å². The summed E-state index contributed by atoms with van der Waals surface area (Å²) in [6, 6.07) is 1.65. The SMILES string of the molecule is CN=C(NC)NCCNc1ncc(Cl)cc1Cl. The fourth-order valence-corrected chi connectivity index (χ4v) is 1.63. The summed E-state index contributed by atoms with van der Waals surface area (Å²) >= 11 is 11.7. The first-order valence-electron chi connectivity index (χ1n) is 5.10. The van der Waals surface area contributed by atoms with Crippen molar-refractivity contribution in [2.75, 3.05) is 32.5 Å². The smallest absolute Gasteiger partial charge is 0.190 e. The fourth-order valence-electron chi connectivity index (χ4n) is 1.19. The highest BCUT2D eigenvalue weighted by molar-refractivity contribution is 6.35. The number of pyridine rings is 1. The highest BCUT2D eigenvalue weighted by Gasteiger charge is 2.01. The Bertz CT molecular complexity index is 394. The van der Waals surface area contributed by atoms with Crippen molar-refractivity contribution in [1.29, 1.82) is 0 Å². The van der Waals surface area contributed by atoms with Gasteiger partial charge < -0.3 is 16.0 Å². The van der Waals surface area contributed by atoms with Crippen LogP contribution in [0.25, 0.3) is 0 Å². The third-order valence-electron chi connectivity index (χ3n) is 1.98. The second-order valence-electron chi connectivity index (χ2n) is 3.16. The summed E-state index contributed by atoms with van der Waals surface area (Å²) in [5, 5.41) is 10.1. The van der Waals surface area contributed by atoms with Crippen molar-refractivity contribution < 1.29 is 0 Å². The maximum absolute atomic E-state index is 5.96. The minimum absolute atomic E-state index is 0.510. The summed E-state index contributed by atoms with van der Waals surface area (Å²) in [6.07, 6.45) is 1.55. The lowest BCUT2D eigenvalue weighted by atomic mass is 10.4. The Kier molecular flexibility index (Phi) is 5.86. The number of nitrogens with zero attached hydrogens (tertiary/aromatic N) is 2. The van der Waals surface area contributed by atoms with Crippen molar-refractivity contribution in [2.45, 2.75) is 0 Å². The molecular formula is C10H15Cl2N5. The zero-order chi connectivity index (χ0) is 12.7. The van der Waals surface area contributed by atoms with Gasteiger partial charge in [0.2, 0.25) is 0 Å². The Hall–Kier alpha value is -1.20. The molecule has 1 aromatic rings. The zero-order valence-corrected chi connectivity index (χ0v) is 11.2. The molecule has 0 spiro atoms. The highest BCUT2D eigenvalue weighted by atomic mass is 35.5. The molecule has 1 aromatic heterocycles. The van der Waals surface area contributed by atoms with E-state index in [1.807, 2.05) is 0 Å². The molecular weight excluding hydrogens is 261 g/mol. The fraction of sp³-hybridized carbons (Fsp3) is 0.400. The number of anilines is 1. The Morgan fingerprint density at radius 2 is 2.18 bits per heavy atom. The van der Waals surface area contributed by atoms with Crippen LogP contribution in [-0.4, -0.2) is 38.1 Å². The quantitative estimate of drug-likeness (QED) is 0.444. The van der Waals surface area contributed by atoms with E-state index in [-0.39, 0.29) is 0 Å². The number of hydrogen-bond donors (Lipinski definition) is 3. The van der Waals surface area contributed by atoms with E-state index in [4.69, 9.17) is 23.2 Å². The second-order valence-corrected chi connectivity index (χ2v) is 4.00. The number of guanidine groups is 1. The molecule has 0 saturated carbocycles. The average molecular weight is 276 g/mol. The van der Waals surface area contributed by atoms with E-state index in [1.165, 1.54) is 0 Å². The van der Waals surface area contributed by atoms with Crippen LogP contribution in [0.15, 0.2) is 17.3 Å². The minimum Gasteiger partial charge on any atom is -0.367 e. The molecule has 0 bridgehead atoms. The van der Waals surface area contributed by atoms with Gasteiger partial charge in [-0.2, -0.15) is 0 Å². The minimum atomic E-state index is 0.510. The summed E-state index contributed by atoms with van der Waals surface area (Å²) in [6.45, 7) is 1.38. The number of aromatic nitrogens is 1. The van der Waals surface area contributed by atoms with Crippen LogP contribution in [-0.2, 0) is 0 Å². The van der Waals surface area contributed by atoms with Crippen LogP contribution in [0.1, 0.15) is 0 Å². The summed E-state index contributed by atoms with van der Waals surface area (Å²) in [5.41, 5.74) is 0. The molecule has 1 rings (SSSR count). The molecule has 0 atom stereocenters. The van der Waals surface area contributed by atoms with Gasteiger partial charge in [0.15, 0.2) is 5.96 Å². The molecule has 0 aliphatic rings. The van der Waals surface area contributed by atoms with Gasteiger partial charge in [-0.05, 0) is 6.07 Å². The maximum atomic E-state index is 5.96. The van der Waals surface area contributed by atoms with E-state index in [0.717, 1.165) is 5.96 Å². The normalized spacial score (nSPS) is 11.2. The standard InChI is InChI=1S/C10H15Cl2N5/c1-13-10(14-2)16-4-3-15-9-8(12)5-7(11)6-17-9/h5-6H,3-4H2,1-2H3,(H,15,17)(H2,13,14,16). The molecule has 0 saturated heterocycles. The highest BCUT2D eigenvalue weighted by Crippen LogP contribution is 2.21. The topological polar surface area (TPSA) is 61.3 Å². The van der Waals surface area contributed by atoms with Gasteiger partial charge in [-0.1, -0.05) is 23.2 Å². The lowest BCUT2D eigenvalue weighted by Gasteiger charge is -2.10. The van der Waals surface area contributed by atoms with Gasteiger partial charge in [-0.3, -0.25) is 4.99 Å². The van der Waals surface area contributed by atoms with Crippen LogP contribution in [0.3, 0.4) is 0 Å². The van der Waals surface area contributed by atoms with Gasteiger partial charge in [0, 0.05) is 33.4 Å². The third kappa shape index (κ3) is 4.66. The molecule has 17 heavy (non-hydrogen) atoms. The lowest BCUT2D eigenvalue weighted by Crippen LogP contribution is -2.37. The van der Waals surface area contributed by atoms with Gasteiger partial charge in [0.25, 0.3) is 0 Å². The van der Waals surface area contributed by atoms with Gasteiger partial charge in [-0.25, -0.2) is 4.98 Å². The van der Waals surface area contributed by atoms with Crippen molar-refractivity contribution in [1.82, 2.24) is 15.6 Å². The lowest BCUT2D eigenvalue weighted by molar-refractivity contribution is 0.863. The molecule has 1 heterocycles. The van der Waals surface area contributed by atoms with Crippen molar-refractivity contribution >= 4 is 35.0 Å². The maximum Gasteiger partial charge on any atom is 0.190 e. The molecule has 0 radical (unpaired) electrons. The first-order valence-corrected chi connectivity index (χ1v) is 5.86. The van der Waals surface area contributed by atoms with Gasteiger partial charge in [0.05, 0.1) is 10.0 Å².